The van der Waals surface area contributed by atoms with Crippen LogP contribution in [0.4, 0.5) is 0 Å². The lowest BCUT2D eigenvalue weighted by molar-refractivity contribution is -0.118. The number of nitrogens with zero attached hydrogens (tertiary/aromatic N) is 1. The van der Waals surface area contributed by atoms with E-state index in [1.807, 2.05) is 6.26 Å². The van der Waals surface area contributed by atoms with Crippen LogP contribution in [-0.4, -0.2) is 62.7 Å². The molecule has 0 aliphatic carbocycles. The summed E-state index contributed by atoms with van der Waals surface area (Å²) in [7, 11) is 1.74. The van der Waals surface area contributed by atoms with Crippen LogP contribution in [0.25, 0.3) is 0 Å². The molecule has 5 heteroatoms. The Kier molecular flexibility index (Phi) is 7.64. The number of nitrogens with one attached hydrogen (secondary N) is 1. The Morgan fingerprint density at radius 2 is 2.41 bits per heavy atom. The van der Waals surface area contributed by atoms with Crippen molar-refractivity contribution in [3.63, 3.8) is 0 Å². The molecular formula is C12H24N2O2S. The minimum absolute atomic E-state index is 0.159. The Morgan fingerprint density at radius 1 is 1.59 bits per heavy atom. The molecule has 1 rings (SSSR count). The van der Waals surface area contributed by atoms with Crippen LogP contribution in [0.2, 0.25) is 0 Å². The quantitative estimate of drug-likeness (QED) is 0.736. The molecule has 1 heterocycles. The number of ether oxygens (including phenoxy) is 1. The topological polar surface area (TPSA) is 41.6 Å². The molecule has 1 amide bonds. The predicted octanol–water partition coefficient (Wildman–Crippen LogP) is 0.824. The van der Waals surface area contributed by atoms with Gasteiger partial charge < -0.3 is 15.0 Å². The van der Waals surface area contributed by atoms with Crippen molar-refractivity contribution in [1.82, 2.24) is 10.2 Å². The van der Waals surface area contributed by atoms with Crippen molar-refractivity contribution in [2.75, 3.05) is 51.9 Å². The SMILES string of the molecule is COCCN1CCCC(CNC(=O)CSC)C1. The van der Waals surface area contributed by atoms with Gasteiger partial charge in [-0.1, -0.05) is 0 Å². The molecule has 0 spiro atoms. The van der Waals surface area contributed by atoms with Crippen molar-refractivity contribution in [1.29, 1.82) is 0 Å². The Balaban J connectivity index is 2.17. The maximum absolute atomic E-state index is 11.4. The third kappa shape index (κ3) is 6.29. The number of methoxy groups -OCH3 is 1. The van der Waals surface area contributed by atoms with Gasteiger partial charge in [-0.2, -0.15) is 11.8 Å². The third-order valence-corrected chi connectivity index (χ3v) is 3.63. The summed E-state index contributed by atoms with van der Waals surface area (Å²) in [6, 6.07) is 0. The maximum atomic E-state index is 11.4. The van der Waals surface area contributed by atoms with Crippen LogP contribution in [0.1, 0.15) is 12.8 Å². The van der Waals surface area contributed by atoms with E-state index in [9.17, 15) is 4.79 Å². The number of rotatable bonds is 7. The van der Waals surface area contributed by atoms with Gasteiger partial charge in [0.05, 0.1) is 12.4 Å². The molecule has 100 valence electrons. The molecule has 17 heavy (non-hydrogen) atoms. The number of hydrogen-bond acceptors (Lipinski definition) is 4. The highest BCUT2D eigenvalue weighted by molar-refractivity contribution is 7.99. The summed E-state index contributed by atoms with van der Waals surface area (Å²) in [4.78, 5) is 13.8. The largest absolute Gasteiger partial charge is 0.383 e. The van der Waals surface area contributed by atoms with Gasteiger partial charge in [0.25, 0.3) is 0 Å². The summed E-state index contributed by atoms with van der Waals surface area (Å²) in [6.45, 7) is 4.88. The van der Waals surface area contributed by atoms with Gasteiger partial charge in [-0.15, -0.1) is 0 Å². The molecule has 0 saturated carbocycles. The van der Waals surface area contributed by atoms with Gasteiger partial charge in [0.15, 0.2) is 0 Å². The van der Waals surface area contributed by atoms with Gasteiger partial charge in [-0.3, -0.25) is 4.79 Å². The average molecular weight is 260 g/mol. The van der Waals surface area contributed by atoms with E-state index in [-0.39, 0.29) is 5.91 Å². The Labute approximate surface area is 108 Å². The summed E-state index contributed by atoms with van der Waals surface area (Å²) in [5.41, 5.74) is 0. The molecule has 0 aromatic heterocycles. The van der Waals surface area contributed by atoms with E-state index in [0.717, 1.165) is 26.2 Å². The van der Waals surface area contributed by atoms with Crippen LogP contribution in [0.3, 0.4) is 0 Å². The Hall–Kier alpha value is -0.260. The van der Waals surface area contributed by atoms with Gasteiger partial charge in [-0.05, 0) is 31.6 Å². The molecule has 1 aliphatic heterocycles. The zero-order valence-electron chi connectivity index (χ0n) is 10.9. The van der Waals surface area contributed by atoms with Crippen LogP contribution >= 0.6 is 11.8 Å². The fourth-order valence-electron chi connectivity index (χ4n) is 2.18. The van der Waals surface area contributed by atoms with Crippen LogP contribution in [0.15, 0.2) is 0 Å². The first-order chi connectivity index (χ1) is 8.26. The van der Waals surface area contributed by atoms with Crippen LogP contribution < -0.4 is 5.32 Å². The molecular weight excluding hydrogens is 236 g/mol. The van der Waals surface area contributed by atoms with Gasteiger partial charge >= 0.3 is 0 Å². The standard InChI is InChI=1S/C12H24N2O2S/c1-16-7-6-14-5-3-4-11(9-14)8-13-12(15)10-17-2/h11H,3-10H2,1-2H3,(H,13,15). The van der Waals surface area contributed by atoms with Crippen LogP contribution in [0.5, 0.6) is 0 Å². The van der Waals surface area contributed by atoms with E-state index >= 15 is 0 Å². The Morgan fingerprint density at radius 3 is 3.12 bits per heavy atom. The molecule has 1 atom stereocenters. The first-order valence-electron chi connectivity index (χ1n) is 6.23. The fourth-order valence-corrected chi connectivity index (χ4v) is 2.55. The zero-order valence-corrected chi connectivity index (χ0v) is 11.7. The van der Waals surface area contributed by atoms with Crippen molar-refractivity contribution >= 4 is 17.7 Å². The minimum atomic E-state index is 0.159. The summed E-state index contributed by atoms with van der Waals surface area (Å²) < 4.78 is 5.10. The second-order valence-corrected chi connectivity index (χ2v) is 5.40. The van der Waals surface area contributed by atoms with E-state index in [0.29, 0.717) is 11.7 Å². The molecule has 1 aliphatic rings. The third-order valence-electron chi connectivity index (χ3n) is 3.08. The van der Waals surface area contributed by atoms with Gasteiger partial charge in [0, 0.05) is 26.7 Å². The van der Waals surface area contributed by atoms with Gasteiger partial charge in [0.2, 0.25) is 5.91 Å². The number of carbonyl (C=O) groups excluding carboxylic acids is 1. The number of carbonyl (C=O) groups is 1. The highest BCUT2D eigenvalue weighted by Crippen LogP contribution is 2.15. The smallest absolute Gasteiger partial charge is 0.229 e. The van der Waals surface area contributed by atoms with Gasteiger partial charge in [-0.25, -0.2) is 0 Å². The lowest BCUT2D eigenvalue weighted by Crippen LogP contribution is -2.42. The minimum Gasteiger partial charge on any atom is -0.383 e. The molecule has 0 aromatic rings. The summed E-state index contributed by atoms with van der Waals surface area (Å²) in [6.07, 6.45) is 4.41. The van der Waals surface area contributed by atoms with E-state index < -0.39 is 0 Å². The highest BCUT2D eigenvalue weighted by Gasteiger charge is 2.19. The van der Waals surface area contributed by atoms with Gasteiger partial charge in [0.1, 0.15) is 0 Å². The maximum Gasteiger partial charge on any atom is 0.229 e. The number of piperidine rings is 1. The fraction of sp³-hybridized carbons (Fsp3) is 0.917. The highest BCUT2D eigenvalue weighted by atomic mass is 32.2. The van der Waals surface area contributed by atoms with E-state index in [1.54, 1.807) is 18.9 Å². The second-order valence-electron chi connectivity index (χ2n) is 4.54. The number of likely N-dealkylation sites (tertiary alicyclic amines) is 1. The normalized spacial score (nSPS) is 21.4. The molecule has 1 saturated heterocycles. The number of amides is 1. The van der Waals surface area contributed by atoms with Crippen molar-refractivity contribution in [2.24, 2.45) is 5.92 Å². The molecule has 1 fully saturated rings. The number of hydrogen-bond donors (Lipinski definition) is 1. The van der Waals surface area contributed by atoms with Crippen LogP contribution in [0, 0.1) is 5.92 Å². The van der Waals surface area contributed by atoms with E-state index in [4.69, 9.17) is 4.74 Å². The first kappa shape index (κ1) is 14.8. The molecule has 0 radical (unpaired) electrons. The Bertz CT molecular complexity index is 227. The summed E-state index contributed by atoms with van der Waals surface area (Å²) in [5, 5.41) is 3.01. The predicted molar refractivity (Wildman–Crippen MR) is 72.4 cm³/mol. The second kappa shape index (κ2) is 8.78. The molecule has 0 bridgehead atoms. The first-order valence-corrected chi connectivity index (χ1v) is 7.62. The zero-order chi connectivity index (χ0) is 12.5. The molecule has 0 aromatic carbocycles. The molecule has 1 unspecified atom stereocenters. The average Bonchev–Trinajstić information content (AvgIpc) is 2.35. The van der Waals surface area contributed by atoms with Crippen molar-refractivity contribution < 1.29 is 9.53 Å². The summed E-state index contributed by atoms with van der Waals surface area (Å²) >= 11 is 1.57. The molecule has 4 nitrogen and oxygen atoms in total. The van der Waals surface area contributed by atoms with E-state index in [2.05, 4.69) is 10.2 Å². The van der Waals surface area contributed by atoms with E-state index in [1.165, 1.54) is 19.4 Å². The van der Waals surface area contributed by atoms with Crippen molar-refractivity contribution in [3.8, 4) is 0 Å². The molecule has 1 N–H and O–H groups in total. The van der Waals surface area contributed by atoms with Crippen molar-refractivity contribution in [2.45, 2.75) is 12.8 Å². The lowest BCUT2D eigenvalue weighted by atomic mass is 9.98. The number of thioether (sulfide) groups is 1. The monoisotopic (exact) mass is 260 g/mol. The van der Waals surface area contributed by atoms with Crippen molar-refractivity contribution in [3.05, 3.63) is 0 Å². The summed E-state index contributed by atoms with van der Waals surface area (Å²) in [5.74, 6) is 1.33. The lowest BCUT2D eigenvalue weighted by Gasteiger charge is -2.32. The van der Waals surface area contributed by atoms with Crippen LogP contribution in [-0.2, 0) is 9.53 Å².